The molecule has 4 rings (SSSR count). The molecule has 1 aliphatic rings. The van der Waals surface area contributed by atoms with Crippen molar-refractivity contribution in [2.45, 2.75) is 42.5 Å². The number of rotatable bonds is 4. The Kier molecular flexibility index (Phi) is 5.79. The van der Waals surface area contributed by atoms with Gasteiger partial charge in [-0.05, 0) is 56.2 Å². The highest BCUT2D eigenvalue weighted by Crippen LogP contribution is 2.36. The first-order chi connectivity index (χ1) is 13.9. The van der Waals surface area contributed by atoms with Crippen molar-refractivity contribution in [2.24, 2.45) is 0 Å². The van der Waals surface area contributed by atoms with Gasteiger partial charge in [0.25, 0.3) is 0 Å². The fraction of sp³-hybridized carbons (Fsp3) is 0.318. The first-order valence-electron chi connectivity index (χ1n) is 9.78. The van der Waals surface area contributed by atoms with E-state index in [1.807, 2.05) is 36.1 Å². The summed E-state index contributed by atoms with van der Waals surface area (Å²) in [6.07, 6.45) is 4.31. The number of halogens is 1. The fourth-order valence-electron chi connectivity index (χ4n) is 3.49. The van der Waals surface area contributed by atoms with Crippen molar-refractivity contribution in [3.05, 3.63) is 58.6 Å². The van der Waals surface area contributed by atoms with E-state index in [2.05, 4.69) is 20.9 Å². The summed E-state index contributed by atoms with van der Waals surface area (Å²) in [6.45, 7) is 3.47. The molecule has 2 heterocycles. The average molecular weight is 475 g/mol. The minimum Gasteiger partial charge on any atom is -0.419 e. The first-order valence-corrected chi connectivity index (χ1v) is 12.1. The van der Waals surface area contributed by atoms with Crippen molar-refractivity contribution in [3.8, 4) is 11.5 Å². The molecule has 0 saturated carbocycles. The van der Waals surface area contributed by atoms with Crippen molar-refractivity contribution < 1.29 is 12.8 Å². The lowest BCUT2D eigenvalue weighted by Gasteiger charge is -2.20. The number of benzene rings is 2. The Bertz CT molecular complexity index is 1080. The highest BCUT2D eigenvalue weighted by Gasteiger charge is 2.31. The average Bonchev–Trinajstić information content (AvgIpc) is 2.99. The van der Waals surface area contributed by atoms with E-state index < -0.39 is 9.84 Å². The van der Waals surface area contributed by atoms with Crippen LogP contribution in [0.5, 0.6) is 0 Å². The number of aryl methyl sites for hydroxylation is 1. The molecule has 0 unspecified atom stereocenters. The maximum absolute atomic E-state index is 13.4. The summed E-state index contributed by atoms with van der Waals surface area (Å²) in [5, 5.41) is 0.00109. The smallest absolute Gasteiger partial charge is 0.236 e. The summed E-state index contributed by atoms with van der Waals surface area (Å²) in [4.78, 5) is 6.74. The molecule has 1 fully saturated rings. The van der Waals surface area contributed by atoms with Crippen LogP contribution in [0.25, 0.3) is 11.5 Å². The Balaban J connectivity index is 1.83. The van der Waals surface area contributed by atoms with Gasteiger partial charge in [-0.25, -0.2) is 8.42 Å². The monoisotopic (exact) mass is 474 g/mol. The van der Waals surface area contributed by atoms with Gasteiger partial charge >= 0.3 is 0 Å². The van der Waals surface area contributed by atoms with Crippen LogP contribution in [0, 0.1) is 6.92 Å². The van der Waals surface area contributed by atoms with Crippen LogP contribution >= 0.6 is 15.9 Å². The SMILES string of the molecule is Cc1ccc(S(=O)(=O)c2nc(-c3ccc(Br)cc3)oc2N2CCCCCC2)cc1. The molecular formula is C22H23BrN2O3S. The molecule has 1 aliphatic heterocycles. The quantitative estimate of drug-likeness (QED) is 0.490. The van der Waals surface area contributed by atoms with E-state index in [4.69, 9.17) is 4.42 Å². The lowest BCUT2D eigenvalue weighted by Crippen LogP contribution is -2.25. The van der Waals surface area contributed by atoms with Crippen LogP contribution in [0.2, 0.25) is 0 Å². The van der Waals surface area contributed by atoms with E-state index in [0.29, 0.717) is 11.8 Å². The summed E-state index contributed by atoms with van der Waals surface area (Å²) >= 11 is 3.42. The molecule has 1 aromatic heterocycles. The number of nitrogens with zero attached hydrogens (tertiary/aromatic N) is 2. The highest BCUT2D eigenvalue weighted by atomic mass is 79.9. The second kappa shape index (κ2) is 8.32. The van der Waals surface area contributed by atoms with Crippen molar-refractivity contribution >= 4 is 31.7 Å². The molecule has 29 heavy (non-hydrogen) atoms. The zero-order valence-electron chi connectivity index (χ0n) is 16.3. The number of sulfone groups is 1. The van der Waals surface area contributed by atoms with Crippen molar-refractivity contribution in [3.63, 3.8) is 0 Å². The van der Waals surface area contributed by atoms with Crippen LogP contribution in [0.15, 0.2) is 67.3 Å². The standard InChI is InChI=1S/C22H23BrN2O3S/c1-16-6-12-19(13-7-16)29(26,27)21-22(25-14-4-2-3-5-15-25)28-20(24-21)17-8-10-18(23)11-9-17/h6-13H,2-5,14-15H2,1H3. The third-order valence-electron chi connectivity index (χ3n) is 5.15. The predicted molar refractivity (Wildman–Crippen MR) is 117 cm³/mol. The Morgan fingerprint density at radius 2 is 1.55 bits per heavy atom. The number of hydrogen-bond acceptors (Lipinski definition) is 5. The van der Waals surface area contributed by atoms with Crippen molar-refractivity contribution in [1.82, 2.24) is 4.98 Å². The Morgan fingerprint density at radius 3 is 2.17 bits per heavy atom. The molecule has 5 nitrogen and oxygen atoms in total. The van der Waals surface area contributed by atoms with Crippen LogP contribution in [0.4, 0.5) is 5.88 Å². The van der Waals surface area contributed by atoms with Gasteiger partial charge in [0.1, 0.15) is 0 Å². The maximum atomic E-state index is 13.4. The molecule has 152 valence electrons. The van der Waals surface area contributed by atoms with Crippen LogP contribution in [-0.4, -0.2) is 26.5 Å². The summed E-state index contributed by atoms with van der Waals surface area (Å²) in [7, 11) is -3.80. The topological polar surface area (TPSA) is 63.4 Å². The molecule has 0 radical (unpaired) electrons. The minimum absolute atomic E-state index is 0.00109. The van der Waals surface area contributed by atoms with Gasteiger partial charge in [0.15, 0.2) is 0 Å². The Morgan fingerprint density at radius 1 is 0.931 bits per heavy atom. The first kappa shape index (κ1) is 20.2. The predicted octanol–water partition coefficient (Wildman–Crippen LogP) is 5.63. The van der Waals surface area contributed by atoms with E-state index in [1.165, 1.54) is 0 Å². The summed E-state index contributed by atoms with van der Waals surface area (Å²) in [6, 6.07) is 14.4. The third kappa shape index (κ3) is 4.26. The van der Waals surface area contributed by atoms with Gasteiger partial charge in [0.05, 0.1) is 4.90 Å². The zero-order valence-corrected chi connectivity index (χ0v) is 18.7. The summed E-state index contributed by atoms with van der Waals surface area (Å²) in [5.74, 6) is 0.674. The molecule has 7 heteroatoms. The van der Waals surface area contributed by atoms with E-state index in [-0.39, 0.29) is 9.92 Å². The lowest BCUT2D eigenvalue weighted by atomic mass is 10.2. The van der Waals surface area contributed by atoms with Crippen LogP contribution in [0.1, 0.15) is 31.2 Å². The van der Waals surface area contributed by atoms with Crippen LogP contribution in [0.3, 0.4) is 0 Å². The largest absolute Gasteiger partial charge is 0.419 e. The molecule has 3 aromatic rings. The van der Waals surface area contributed by atoms with Crippen molar-refractivity contribution in [2.75, 3.05) is 18.0 Å². The molecule has 0 aliphatic carbocycles. The zero-order chi connectivity index (χ0) is 20.4. The number of aromatic nitrogens is 1. The van der Waals surface area contributed by atoms with Gasteiger partial charge in [-0.3, -0.25) is 0 Å². The molecule has 0 amide bonds. The second-order valence-electron chi connectivity index (χ2n) is 7.35. The summed E-state index contributed by atoms with van der Waals surface area (Å²) in [5.41, 5.74) is 1.75. The van der Waals surface area contributed by atoms with E-state index in [0.717, 1.165) is 54.4 Å². The molecule has 0 spiro atoms. The van der Waals surface area contributed by atoms with Gasteiger partial charge in [-0.1, -0.05) is 46.5 Å². The molecule has 0 atom stereocenters. The normalized spacial score (nSPS) is 15.3. The number of anilines is 1. The lowest BCUT2D eigenvalue weighted by molar-refractivity contribution is 0.543. The van der Waals surface area contributed by atoms with Crippen LogP contribution < -0.4 is 4.90 Å². The second-order valence-corrected chi connectivity index (χ2v) is 10.1. The van der Waals surface area contributed by atoms with Gasteiger partial charge in [-0.15, -0.1) is 0 Å². The van der Waals surface area contributed by atoms with E-state index >= 15 is 0 Å². The van der Waals surface area contributed by atoms with Gasteiger partial charge < -0.3 is 9.32 Å². The van der Waals surface area contributed by atoms with Gasteiger partial charge in [0.2, 0.25) is 26.6 Å². The fourth-order valence-corrected chi connectivity index (χ4v) is 5.08. The highest BCUT2D eigenvalue weighted by molar-refractivity contribution is 9.10. The molecule has 0 bridgehead atoms. The Hall–Kier alpha value is -2.12. The molecular weight excluding hydrogens is 452 g/mol. The molecule has 2 aromatic carbocycles. The maximum Gasteiger partial charge on any atom is 0.236 e. The van der Waals surface area contributed by atoms with Crippen LogP contribution in [-0.2, 0) is 9.84 Å². The molecule has 1 saturated heterocycles. The third-order valence-corrected chi connectivity index (χ3v) is 7.35. The van der Waals surface area contributed by atoms with Gasteiger partial charge in [0, 0.05) is 23.1 Å². The van der Waals surface area contributed by atoms with E-state index in [9.17, 15) is 8.42 Å². The van der Waals surface area contributed by atoms with E-state index in [1.54, 1.807) is 24.3 Å². The number of hydrogen-bond donors (Lipinski definition) is 0. The minimum atomic E-state index is -3.80. The summed E-state index contributed by atoms with van der Waals surface area (Å²) < 4.78 is 33.9. The number of oxazole rings is 1. The van der Waals surface area contributed by atoms with Crippen molar-refractivity contribution in [1.29, 1.82) is 0 Å². The molecule has 0 N–H and O–H groups in total. The Labute approximate surface area is 179 Å². The van der Waals surface area contributed by atoms with Gasteiger partial charge in [-0.2, -0.15) is 4.98 Å².